The summed E-state index contributed by atoms with van der Waals surface area (Å²) < 4.78 is 3.86. The second-order valence-electron chi connectivity index (χ2n) is 16.9. The number of nitrogens with one attached hydrogen (secondary N) is 2. The van der Waals surface area contributed by atoms with Crippen LogP contribution in [0.2, 0.25) is 0 Å². The molecule has 2 amide bonds. The summed E-state index contributed by atoms with van der Waals surface area (Å²) >= 11 is 0. The predicted octanol–water partition coefficient (Wildman–Crippen LogP) is 5.99. The monoisotopic (exact) mass is 835 g/mol. The van der Waals surface area contributed by atoms with Crippen molar-refractivity contribution in [2.75, 3.05) is 76.9 Å². The fraction of sp³-hybridized carbons (Fsp3) is 0.400. The van der Waals surface area contributed by atoms with E-state index in [0.29, 0.717) is 31.4 Å². The molecule has 1 aliphatic carbocycles. The van der Waals surface area contributed by atoms with Crippen LogP contribution in [0.3, 0.4) is 0 Å². The number of hydrogen-bond donors (Lipinski definition) is 2. The van der Waals surface area contributed by atoms with Crippen LogP contribution >= 0.6 is 0 Å². The highest BCUT2D eigenvalue weighted by Gasteiger charge is 2.28. The molecule has 3 aliphatic rings. The Morgan fingerprint density at radius 1 is 0.726 bits per heavy atom. The molecular formula is C50H62N10O2. The third-order valence-electron chi connectivity index (χ3n) is 12.6. The normalized spacial score (nSPS) is 17.7. The van der Waals surface area contributed by atoms with Gasteiger partial charge in [-0.25, -0.2) is 9.36 Å². The second-order valence-corrected chi connectivity index (χ2v) is 16.9. The maximum absolute atomic E-state index is 13.3. The quantitative estimate of drug-likeness (QED) is 0.125. The van der Waals surface area contributed by atoms with E-state index in [1.54, 1.807) is 0 Å². The van der Waals surface area contributed by atoms with Gasteiger partial charge in [-0.1, -0.05) is 79.6 Å². The molecule has 4 heterocycles. The summed E-state index contributed by atoms with van der Waals surface area (Å²) in [6.45, 7) is 16.3. The van der Waals surface area contributed by atoms with Gasteiger partial charge in [-0.3, -0.25) is 24.3 Å². The van der Waals surface area contributed by atoms with Crippen LogP contribution in [0.4, 0.5) is 5.69 Å². The number of aromatic nitrogens is 4. The minimum Gasteiger partial charge on any atom is -0.369 e. The van der Waals surface area contributed by atoms with E-state index in [9.17, 15) is 9.59 Å². The third kappa shape index (κ3) is 10.6. The largest absolute Gasteiger partial charge is 0.369 e. The van der Waals surface area contributed by atoms with Crippen LogP contribution in [0, 0.1) is 6.92 Å². The number of amides is 2. The first-order valence-corrected chi connectivity index (χ1v) is 22.5. The van der Waals surface area contributed by atoms with Crippen LogP contribution in [0.15, 0.2) is 120 Å². The topological polar surface area (TPSA) is 107 Å². The van der Waals surface area contributed by atoms with Gasteiger partial charge in [-0.15, -0.1) is 0 Å². The van der Waals surface area contributed by atoms with Crippen molar-refractivity contribution in [3.8, 4) is 11.4 Å². The molecule has 1 atom stereocenters. The number of para-hydroxylation sites is 2. The van der Waals surface area contributed by atoms with E-state index in [4.69, 9.17) is 10.2 Å². The molecular weight excluding hydrogens is 773 g/mol. The van der Waals surface area contributed by atoms with Gasteiger partial charge in [0, 0.05) is 88.6 Å². The van der Waals surface area contributed by atoms with E-state index in [0.717, 1.165) is 113 Å². The average molecular weight is 835 g/mol. The van der Waals surface area contributed by atoms with E-state index < -0.39 is 0 Å². The molecule has 0 saturated carbocycles. The Morgan fingerprint density at radius 2 is 1.40 bits per heavy atom. The van der Waals surface area contributed by atoms with Gasteiger partial charge in [0.1, 0.15) is 0 Å². The zero-order chi connectivity index (χ0) is 42.8. The van der Waals surface area contributed by atoms with Crippen LogP contribution in [-0.2, 0) is 24.2 Å². The van der Waals surface area contributed by atoms with Crippen molar-refractivity contribution in [3.05, 3.63) is 149 Å². The highest BCUT2D eigenvalue weighted by Crippen LogP contribution is 2.28. The van der Waals surface area contributed by atoms with Crippen molar-refractivity contribution in [1.82, 2.24) is 44.9 Å². The molecule has 2 fully saturated rings. The summed E-state index contributed by atoms with van der Waals surface area (Å²) in [6, 6.07) is 33.6. The van der Waals surface area contributed by atoms with Gasteiger partial charge in [-0.2, -0.15) is 10.2 Å². The highest BCUT2D eigenvalue weighted by atomic mass is 16.2. The predicted molar refractivity (Wildman–Crippen MR) is 247 cm³/mol. The van der Waals surface area contributed by atoms with E-state index in [1.165, 1.54) is 22.4 Å². The second kappa shape index (κ2) is 20.4. The third-order valence-corrected chi connectivity index (χ3v) is 12.6. The van der Waals surface area contributed by atoms with Gasteiger partial charge >= 0.3 is 0 Å². The summed E-state index contributed by atoms with van der Waals surface area (Å²) in [5.74, 6) is -0.0889. The number of benzene rings is 3. The van der Waals surface area contributed by atoms with Gasteiger partial charge in [0.25, 0.3) is 5.91 Å². The fourth-order valence-corrected chi connectivity index (χ4v) is 9.07. The molecule has 62 heavy (non-hydrogen) atoms. The first-order valence-electron chi connectivity index (χ1n) is 22.5. The summed E-state index contributed by atoms with van der Waals surface area (Å²) in [6.07, 6.45) is 8.29. The van der Waals surface area contributed by atoms with Gasteiger partial charge in [0.2, 0.25) is 5.91 Å². The lowest BCUT2D eigenvalue weighted by molar-refractivity contribution is -0.122. The maximum atomic E-state index is 13.3. The molecule has 12 nitrogen and oxygen atoms in total. The Hall–Kier alpha value is -5.82. The van der Waals surface area contributed by atoms with Crippen molar-refractivity contribution in [3.63, 3.8) is 0 Å². The Labute approximate surface area is 366 Å². The summed E-state index contributed by atoms with van der Waals surface area (Å²) in [7, 11) is 0. The van der Waals surface area contributed by atoms with Crippen molar-refractivity contribution < 1.29 is 9.59 Å². The van der Waals surface area contributed by atoms with Crippen LogP contribution in [0.5, 0.6) is 0 Å². The first-order chi connectivity index (χ1) is 30.3. The van der Waals surface area contributed by atoms with Gasteiger partial charge in [0.05, 0.1) is 30.2 Å². The van der Waals surface area contributed by atoms with Crippen molar-refractivity contribution in [2.24, 2.45) is 0 Å². The zero-order valence-corrected chi connectivity index (χ0v) is 36.7. The fourth-order valence-electron chi connectivity index (χ4n) is 9.07. The number of carbonyl (C=O) groups is 2. The summed E-state index contributed by atoms with van der Waals surface area (Å²) in [5, 5.41) is 15.7. The molecule has 2 N–H and O–H groups in total. The molecule has 0 spiro atoms. The van der Waals surface area contributed by atoms with Crippen molar-refractivity contribution in [2.45, 2.75) is 59.0 Å². The van der Waals surface area contributed by atoms with E-state index in [-0.39, 0.29) is 11.8 Å². The van der Waals surface area contributed by atoms with Crippen LogP contribution < -0.4 is 15.5 Å². The average Bonchev–Trinajstić information content (AvgIpc) is 3.91. The van der Waals surface area contributed by atoms with E-state index in [1.807, 2.05) is 58.8 Å². The SMILES string of the molecule is CCCc1cc(C(=O)NCCN2CCN(c3ccccc3)CC2)nn1-c1ccc(CC2=C(C)C(N3CCN(CC(=O)NCc4cc(C)n(-c5ccccc5)n4)CC3)CC=C2)cc1. The lowest BCUT2D eigenvalue weighted by atomic mass is 9.89. The highest BCUT2D eigenvalue weighted by molar-refractivity contribution is 5.92. The minimum atomic E-state index is -0.122. The van der Waals surface area contributed by atoms with Gasteiger partial charge in [-0.05, 0) is 92.8 Å². The Balaban J connectivity index is 0.797. The number of allylic oxidation sites excluding steroid dienone is 2. The molecule has 12 heteroatoms. The number of rotatable bonds is 16. The Morgan fingerprint density at radius 3 is 2.11 bits per heavy atom. The molecule has 5 aromatic rings. The molecule has 1 unspecified atom stereocenters. The number of hydrogen-bond acceptors (Lipinski definition) is 8. The minimum absolute atomic E-state index is 0.0331. The Bertz CT molecular complexity index is 2320. The Kier molecular flexibility index (Phi) is 14.1. The zero-order valence-electron chi connectivity index (χ0n) is 36.7. The van der Waals surface area contributed by atoms with Gasteiger partial charge < -0.3 is 15.5 Å². The number of aryl methyl sites for hydroxylation is 2. The lowest BCUT2D eigenvalue weighted by Crippen LogP contribution is -2.52. The smallest absolute Gasteiger partial charge is 0.271 e. The van der Waals surface area contributed by atoms with Crippen LogP contribution in [0.1, 0.15) is 59.8 Å². The van der Waals surface area contributed by atoms with Crippen molar-refractivity contribution in [1.29, 1.82) is 0 Å². The standard InChI is InChI=1S/C50H62N10O2/c1-4-12-46-35-47(50(62)51-23-24-55-25-29-57(30-26-55)43-14-7-5-8-15-43)54-60(46)45-21-19-40(20-22-45)34-41-13-11-18-48(39(41)3)58-31-27-56(28-32-58)37-49(61)52-36-42-33-38(2)59(53-42)44-16-9-6-10-17-44/h5-11,13-17,19-22,33,35,48H,4,12,18,23-32,34,36-37H2,1-3H3,(H,51,62)(H,52,61). The number of anilines is 1. The van der Waals surface area contributed by atoms with E-state index >= 15 is 0 Å². The summed E-state index contributed by atoms with van der Waals surface area (Å²) in [4.78, 5) is 35.9. The maximum Gasteiger partial charge on any atom is 0.271 e. The molecule has 324 valence electrons. The molecule has 2 aromatic heterocycles. The van der Waals surface area contributed by atoms with E-state index in [2.05, 4.69) is 111 Å². The molecule has 3 aromatic carbocycles. The molecule has 2 saturated heterocycles. The molecule has 0 bridgehead atoms. The number of nitrogens with zero attached hydrogens (tertiary/aromatic N) is 8. The van der Waals surface area contributed by atoms with Crippen LogP contribution in [-0.4, -0.2) is 124 Å². The van der Waals surface area contributed by atoms with Crippen LogP contribution in [0.25, 0.3) is 11.4 Å². The number of piperazine rings is 2. The lowest BCUT2D eigenvalue weighted by Gasteiger charge is -2.40. The van der Waals surface area contributed by atoms with Crippen molar-refractivity contribution >= 4 is 17.5 Å². The van der Waals surface area contributed by atoms with Gasteiger partial charge in [0.15, 0.2) is 5.69 Å². The first kappa shape index (κ1) is 42.9. The number of carbonyl (C=O) groups excluding carboxylic acids is 2. The summed E-state index contributed by atoms with van der Waals surface area (Å²) in [5.41, 5.74) is 10.7. The molecule has 8 rings (SSSR count). The molecule has 2 aliphatic heterocycles. The molecule has 0 radical (unpaired) electrons.